The molecule has 1 rings (SSSR count). The fourth-order valence-corrected chi connectivity index (χ4v) is 1.16. The third-order valence-corrected chi connectivity index (χ3v) is 2.05. The van der Waals surface area contributed by atoms with Crippen LogP contribution in [0.3, 0.4) is 0 Å². The molecule has 0 saturated heterocycles. The molecule has 0 fully saturated rings. The second-order valence-corrected chi connectivity index (χ2v) is 3.02. The summed E-state index contributed by atoms with van der Waals surface area (Å²) in [5.41, 5.74) is 6.78. The lowest BCUT2D eigenvalue weighted by molar-refractivity contribution is 0.404. The molecule has 80 valence electrons. The van der Waals surface area contributed by atoms with Crippen molar-refractivity contribution < 1.29 is 4.74 Å². The highest BCUT2D eigenvalue weighted by atomic mass is 35.5. The highest BCUT2D eigenvalue weighted by molar-refractivity contribution is 5.85. The van der Waals surface area contributed by atoms with Crippen molar-refractivity contribution in [3.05, 3.63) is 24.0 Å². The largest absolute Gasteiger partial charge is 0.495 e. The lowest BCUT2D eigenvalue weighted by Crippen LogP contribution is -2.22. The van der Waals surface area contributed by atoms with Crippen LogP contribution in [0.4, 0.5) is 0 Å². The van der Waals surface area contributed by atoms with Crippen molar-refractivity contribution >= 4 is 12.4 Å². The quantitative estimate of drug-likeness (QED) is 0.835. The Labute approximate surface area is 91.1 Å². The smallest absolute Gasteiger partial charge is 0.140 e. The molecular weight excluding hydrogens is 200 g/mol. The Morgan fingerprint density at radius 2 is 2.29 bits per heavy atom. The maximum absolute atomic E-state index is 5.83. The number of nitrogens with zero attached hydrogens (tertiary/aromatic N) is 1. The number of rotatable bonds is 4. The molecule has 0 saturated carbocycles. The van der Waals surface area contributed by atoms with Gasteiger partial charge in [-0.1, -0.05) is 6.92 Å². The van der Waals surface area contributed by atoms with Gasteiger partial charge in [0, 0.05) is 18.7 Å². The van der Waals surface area contributed by atoms with Crippen LogP contribution in [0.1, 0.15) is 19.0 Å². The van der Waals surface area contributed by atoms with Crippen LogP contribution in [0.2, 0.25) is 0 Å². The van der Waals surface area contributed by atoms with E-state index in [-0.39, 0.29) is 18.4 Å². The minimum atomic E-state index is 0. The molecule has 0 amide bonds. The molecule has 0 aliphatic rings. The molecule has 4 heteroatoms. The Hall–Kier alpha value is -0.800. The van der Waals surface area contributed by atoms with E-state index < -0.39 is 0 Å². The highest BCUT2D eigenvalue weighted by Crippen LogP contribution is 2.16. The number of hydrogen-bond acceptors (Lipinski definition) is 3. The fraction of sp³-hybridized carbons (Fsp3) is 0.500. The highest BCUT2D eigenvalue weighted by Gasteiger charge is 2.07. The van der Waals surface area contributed by atoms with E-state index in [1.165, 1.54) is 0 Å². The molecule has 0 bridgehead atoms. The number of methoxy groups -OCH3 is 1. The van der Waals surface area contributed by atoms with Crippen LogP contribution in [0.5, 0.6) is 5.75 Å². The predicted octanol–water partition coefficient (Wildman–Crippen LogP) is 1.79. The van der Waals surface area contributed by atoms with Gasteiger partial charge in [0.05, 0.1) is 12.8 Å². The number of aromatic nitrogens is 1. The molecule has 0 aliphatic carbocycles. The minimum absolute atomic E-state index is 0. The third-order valence-electron chi connectivity index (χ3n) is 2.05. The van der Waals surface area contributed by atoms with Gasteiger partial charge in [-0.3, -0.25) is 4.98 Å². The summed E-state index contributed by atoms with van der Waals surface area (Å²) >= 11 is 0. The second-order valence-electron chi connectivity index (χ2n) is 3.02. The van der Waals surface area contributed by atoms with Gasteiger partial charge in [-0.25, -0.2) is 0 Å². The molecule has 1 aromatic heterocycles. The first-order valence-corrected chi connectivity index (χ1v) is 4.51. The maximum atomic E-state index is 5.83. The molecule has 2 N–H and O–H groups in total. The first-order valence-electron chi connectivity index (χ1n) is 4.51. The zero-order valence-corrected chi connectivity index (χ0v) is 9.38. The molecule has 1 unspecified atom stereocenters. The average molecular weight is 217 g/mol. The van der Waals surface area contributed by atoms with Gasteiger partial charge in [0.15, 0.2) is 0 Å². The number of nitrogens with two attached hydrogens (primary N) is 1. The van der Waals surface area contributed by atoms with E-state index in [0.29, 0.717) is 0 Å². The third kappa shape index (κ3) is 3.52. The van der Waals surface area contributed by atoms with Gasteiger partial charge in [0.25, 0.3) is 0 Å². The van der Waals surface area contributed by atoms with Crippen molar-refractivity contribution in [2.24, 2.45) is 5.73 Å². The molecule has 14 heavy (non-hydrogen) atoms. The van der Waals surface area contributed by atoms with Crippen LogP contribution in [0.15, 0.2) is 18.3 Å². The Morgan fingerprint density at radius 3 is 2.86 bits per heavy atom. The molecule has 1 aromatic rings. The molecule has 3 nitrogen and oxygen atoms in total. The number of pyridine rings is 1. The van der Waals surface area contributed by atoms with Crippen molar-refractivity contribution in [3.8, 4) is 5.75 Å². The van der Waals surface area contributed by atoms with Gasteiger partial charge in [0.1, 0.15) is 5.75 Å². The van der Waals surface area contributed by atoms with Crippen LogP contribution < -0.4 is 10.5 Å². The normalized spacial score (nSPS) is 11.6. The molecule has 0 aromatic carbocycles. The number of ether oxygens (including phenoxy) is 1. The van der Waals surface area contributed by atoms with Crippen molar-refractivity contribution in [3.63, 3.8) is 0 Å². The van der Waals surface area contributed by atoms with Crippen molar-refractivity contribution in [1.82, 2.24) is 4.98 Å². The van der Waals surface area contributed by atoms with E-state index in [4.69, 9.17) is 10.5 Å². The van der Waals surface area contributed by atoms with Gasteiger partial charge in [-0.2, -0.15) is 0 Å². The number of halogens is 1. The lowest BCUT2D eigenvalue weighted by atomic mass is 10.1. The van der Waals surface area contributed by atoms with Crippen LogP contribution in [-0.2, 0) is 6.42 Å². The molecule has 1 atom stereocenters. The van der Waals surface area contributed by atoms with Crippen LogP contribution >= 0.6 is 12.4 Å². The van der Waals surface area contributed by atoms with Crippen molar-refractivity contribution in [2.75, 3.05) is 7.11 Å². The zero-order chi connectivity index (χ0) is 9.68. The summed E-state index contributed by atoms with van der Waals surface area (Å²) in [6.07, 6.45) is 3.50. The van der Waals surface area contributed by atoms with Crippen molar-refractivity contribution in [1.29, 1.82) is 0 Å². The van der Waals surface area contributed by atoms with Gasteiger partial charge in [0.2, 0.25) is 0 Å². The summed E-state index contributed by atoms with van der Waals surface area (Å²) in [7, 11) is 1.65. The molecule has 0 spiro atoms. The van der Waals surface area contributed by atoms with E-state index >= 15 is 0 Å². The van der Waals surface area contributed by atoms with Crippen LogP contribution in [-0.4, -0.2) is 18.1 Å². The SMILES string of the molecule is CCC(N)Cc1ncccc1OC.Cl. The molecule has 0 radical (unpaired) electrons. The van der Waals surface area contributed by atoms with Gasteiger partial charge >= 0.3 is 0 Å². The first-order chi connectivity index (χ1) is 6.27. The summed E-state index contributed by atoms with van der Waals surface area (Å²) in [5.74, 6) is 0.825. The second kappa shape index (κ2) is 6.62. The van der Waals surface area contributed by atoms with Crippen LogP contribution in [0.25, 0.3) is 0 Å². The Morgan fingerprint density at radius 1 is 1.57 bits per heavy atom. The minimum Gasteiger partial charge on any atom is -0.495 e. The maximum Gasteiger partial charge on any atom is 0.140 e. The Balaban J connectivity index is 0.00000169. The zero-order valence-electron chi connectivity index (χ0n) is 8.56. The summed E-state index contributed by atoms with van der Waals surface area (Å²) in [5, 5.41) is 0. The van der Waals surface area contributed by atoms with Gasteiger partial charge in [-0.05, 0) is 18.6 Å². The summed E-state index contributed by atoms with van der Waals surface area (Å²) in [4.78, 5) is 4.23. The number of hydrogen-bond donors (Lipinski definition) is 1. The van der Waals surface area contributed by atoms with Gasteiger partial charge < -0.3 is 10.5 Å². The van der Waals surface area contributed by atoms with Crippen molar-refractivity contribution in [2.45, 2.75) is 25.8 Å². The standard InChI is InChI=1S/C10H16N2O.ClH/c1-3-8(11)7-9-10(13-2)5-4-6-12-9;/h4-6,8H,3,7,11H2,1-2H3;1H. The fourth-order valence-electron chi connectivity index (χ4n) is 1.16. The lowest BCUT2D eigenvalue weighted by Gasteiger charge is -2.10. The van der Waals surface area contributed by atoms with E-state index in [1.807, 2.05) is 12.1 Å². The van der Waals surface area contributed by atoms with Gasteiger partial charge in [-0.15, -0.1) is 12.4 Å². The van der Waals surface area contributed by atoms with Crippen LogP contribution in [0, 0.1) is 0 Å². The van der Waals surface area contributed by atoms with E-state index in [9.17, 15) is 0 Å². The Kier molecular flexibility index (Phi) is 6.25. The summed E-state index contributed by atoms with van der Waals surface area (Å²) in [6, 6.07) is 3.94. The molecule has 1 heterocycles. The summed E-state index contributed by atoms with van der Waals surface area (Å²) < 4.78 is 5.17. The predicted molar refractivity (Wildman–Crippen MR) is 60.0 cm³/mol. The summed E-state index contributed by atoms with van der Waals surface area (Å²) in [6.45, 7) is 2.07. The topological polar surface area (TPSA) is 48.1 Å². The van der Waals surface area contributed by atoms with E-state index in [0.717, 1.165) is 24.3 Å². The van der Waals surface area contributed by atoms with E-state index in [2.05, 4.69) is 11.9 Å². The molecular formula is C10H17ClN2O. The monoisotopic (exact) mass is 216 g/mol. The Bertz CT molecular complexity index is 268. The molecule has 0 aliphatic heterocycles. The average Bonchev–Trinajstić information content (AvgIpc) is 2.18. The first kappa shape index (κ1) is 13.2. The van der Waals surface area contributed by atoms with E-state index in [1.54, 1.807) is 13.3 Å².